The second kappa shape index (κ2) is 10.7. The Hall–Kier alpha value is 0.580. The van der Waals surface area contributed by atoms with E-state index in [-0.39, 0.29) is 0 Å². The molecule has 0 rings (SSSR count). The first kappa shape index (κ1) is 13.6. The monoisotopic (exact) mass is 223 g/mol. The van der Waals surface area contributed by atoms with E-state index in [0.717, 1.165) is 50.8 Å². The Kier molecular flexibility index (Phi) is 11.1. The first-order valence-electron chi connectivity index (χ1n) is 4.70. The Labute approximate surface area is 92.3 Å². The first-order valence-corrected chi connectivity index (χ1v) is 5.96. The first-order chi connectivity index (χ1) is 6.35. The van der Waals surface area contributed by atoms with Crippen molar-refractivity contribution in [2.75, 3.05) is 50.8 Å². The van der Waals surface area contributed by atoms with Crippen molar-refractivity contribution in [3.63, 3.8) is 0 Å². The fraction of sp³-hybridized carbons (Fsp3) is 1.00. The summed E-state index contributed by atoms with van der Waals surface area (Å²) in [5.74, 6) is 1.79. The number of nitrogens with two attached hydrogens (primary N) is 1. The standard InChI is InChI=1S/C8H21N3S2/c9-1-4-11(6-8-13)5-2-10-3-7-12/h10,12-13H,1-9H2. The third kappa shape index (κ3) is 8.90. The fourth-order valence-electron chi connectivity index (χ4n) is 1.10. The van der Waals surface area contributed by atoms with Gasteiger partial charge in [0.15, 0.2) is 0 Å². The van der Waals surface area contributed by atoms with Crippen LogP contribution in [0.2, 0.25) is 0 Å². The summed E-state index contributed by atoms with van der Waals surface area (Å²) in [4.78, 5) is 2.32. The van der Waals surface area contributed by atoms with Gasteiger partial charge in [0, 0.05) is 50.8 Å². The summed E-state index contributed by atoms with van der Waals surface area (Å²) in [7, 11) is 0. The molecule has 0 amide bonds. The van der Waals surface area contributed by atoms with Gasteiger partial charge in [-0.1, -0.05) is 0 Å². The van der Waals surface area contributed by atoms with Crippen molar-refractivity contribution in [3.05, 3.63) is 0 Å². The molecule has 0 heterocycles. The molecule has 0 aromatic carbocycles. The smallest absolute Gasteiger partial charge is 0.0108 e. The molecular weight excluding hydrogens is 202 g/mol. The van der Waals surface area contributed by atoms with Crippen LogP contribution in [-0.2, 0) is 0 Å². The molecule has 0 atom stereocenters. The molecule has 0 spiro atoms. The molecule has 0 aromatic heterocycles. The van der Waals surface area contributed by atoms with Crippen LogP contribution in [0.4, 0.5) is 0 Å². The summed E-state index contributed by atoms with van der Waals surface area (Å²) >= 11 is 8.32. The third-order valence-corrected chi connectivity index (χ3v) is 2.18. The van der Waals surface area contributed by atoms with Gasteiger partial charge in [0.25, 0.3) is 0 Å². The van der Waals surface area contributed by atoms with Gasteiger partial charge in [0.2, 0.25) is 0 Å². The fourth-order valence-corrected chi connectivity index (χ4v) is 1.54. The molecule has 80 valence electrons. The van der Waals surface area contributed by atoms with E-state index in [0.29, 0.717) is 0 Å². The van der Waals surface area contributed by atoms with Crippen molar-refractivity contribution in [2.45, 2.75) is 0 Å². The molecule has 0 aromatic rings. The van der Waals surface area contributed by atoms with Crippen LogP contribution >= 0.6 is 25.3 Å². The number of nitrogens with zero attached hydrogens (tertiary/aromatic N) is 1. The van der Waals surface area contributed by atoms with E-state index >= 15 is 0 Å². The Balaban J connectivity index is 3.33. The van der Waals surface area contributed by atoms with Crippen LogP contribution in [0.5, 0.6) is 0 Å². The molecule has 0 bridgehead atoms. The van der Waals surface area contributed by atoms with E-state index in [1.165, 1.54) is 0 Å². The van der Waals surface area contributed by atoms with Crippen LogP contribution in [0.3, 0.4) is 0 Å². The minimum Gasteiger partial charge on any atom is -0.329 e. The van der Waals surface area contributed by atoms with Crippen molar-refractivity contribution < 1.29 is 0 Å². The van der Waals surface area contributed by atoms with Gasteiger partial charge in [0.05, 0.1) is 0 Å². The van der Waals surface area contributed by atoms with Crippen molar-refractivity contribution in [3.8, 4) is 0 Å². The third-order valence-electron chi connectivity index (χ3n) is 1.75. The minimum absolute atomic E-state index is 0.723. The van der Waals surface area contributed by atoms with E-state index in [1.54, 1.807) is 0 Å². The zero-order valence-corrected chi connectivity index (χ0v) is 9.86. The van der Waals surface area contributed by atoms with Gasteiger partial charge in [-0.05, 0) is 0 Å². The highest BCUT2D eigenvalue weighted by Gasteiger charge is 2.00. The molecule has 0 unspecified atom stereocenters. The molecule has 0 aliphatic heterocycles. The summed E-state index contributed by atoms with van der Waals surface area (Å²) in [5, 5.41) is 3.30. The van der Waals surface area contributed by atoms with E-state index in [4.69, 9.17) is 5.73 Å². The van der Waals surface area contributed by atoms with Gasteiger partial charge in [0.1, 0.15) is 0 Å². The average Bonchev–Trinajstić information content (AvgIpc) is 2.13. The van der Waals surface area contributed by atoms with Crippen LogP contribution < -0.4 is 11.1 Å². The van der Waals surface area contributed by atoms with Crippen LogP contribution in [0.1, 0.15) is 0 Å². The molecule has 0 aliphatic rings. The van der Waals surface area contributed by atoms with Crippen LogP contribution in [0.15, 0.2) is 0 Å². The summed E-state index contributed by atoms with van der Waals surface area (Å²) in [6.07, 6.45) is 0. The maximum Gasteiger partial charge on any atom is 0.0108 e. The van der Waals surface area contributed by atoms with E-state index in [1.807, 2.05) is 0 Å². The van der Waals surface area contributed by atoms with E-state index < -0.39 is 0 Å². The summed E-state index contributed by atoms with van der Waals surface area (Å²) < 4.78 is 0. The normalized spacial score (nSPS) is 11.1. The van der Waals surface area contributed by atoms with Crippen LogP contribution in [-0.4, -0.2) is 55.7 Å². The zero-order chi connectivity index (χ0) is 9.94. The van der Waals surface area contributed by atoms with Crippen LogP contribution in [0, 0.1) is 0 Å². The molecule has 0 aliphatic carbocycles. The Morgan fingerprint density at radius 1 is 1.00 bits per heavy atom. The SMILES string of the molecule is NCCN(CCS)CCNCCS. The van der Waals surface area contributed by atoms with Crippen molar-refractivity contribution in [1.82, 2.24) is 10.2 Å². The Bertz CT molecular complexity index is 97.4. The van der Waals surface area contributed by atoms with Gasteiger partial charge >= 0.3 is 0 Å². The topological polar surface area (TPSA) is 41.3 Å². The van der Waals surface area contributed by atoms with Crippen LogP contribution in [0.25, 0.3) is 0 Å². The zero-order valence-electron chi connectivity index (χ0n) is 8.08. The summed E-state index contributed by atoms with van der Waals surface area (Å²) in [6.45, 7) is 5.73. The summed E-state index contributed by atoms with van der Waals surface area (Å²) in [6, 6.07) is 0. The molecule has 0 saturated heterocycles. The maximum absolute atomic E-state index is 5.49. The Morgan fingerprint density at radius 2 is 1.77 bits per heavy atom. The molecule has 5 heteroatoms. The lowest BCUT2D eigenvalue weighted by Crippen LogP contribution is -2.37. The summed E-state index contributed by atoms with van der Waals surface area (Å²) in [5.41, 5.74) is 5.49. The predicted octanol–water partition coefficient (Wildman–Crippen LogP) is -0.304. The lowest BCUT2D eigenvalue weighted by Gasteiger charge is -2.20. The molecule has 0 fully saturated rings. The number of thiol groups is 2. The molecule has 0 radical (unpaired) electrons. The van der Waals surface area contributed by atoms with E-state index in [2.05, 4.69) is 35.5 Å². The predicted molar refractivity (Wildman–Crippen MR) is 66.1 cm³/mol. The lowest BCUT2D eigenvalue weighted by molar-refractivity contribution is 0.298. The molecule has 13 heavy (non-hydrogen) atoms. The molecule has 3 nitrogen and oxygen atoms in total. The van der Waals surface area contributed by atoms with Gasteiger partial charge in [-0.15, -0.1) is 0 Å². The Morgan fingerprint density at radius 3 is 2.31 bits per heavy atom. The second-order valence-electron chi connectivity index (χ2n) is 2.83. The molecular formula is C8H21N3S2. The van der Waals surface area contributed by atoms with Gasteiger partial charge in [-0.3, -0.25) is 0 Å². The quantitative estimate of drug-likeness (QED) is 0.320. The van der Waals surface area contributed by atoms with Gasteiger partial charge in [-0.2, -0.15) is 25.3 Å². The molecule has 0 saturated carbocycles. The second-order valence-corrected chi connectivity index (χ2v) is 3.72. The number of hydrogen-bond donors (Lipinski definition) is 4. The van der Waals surface area contributed by atoms with E-state index in [9.17, 15) is 0 Å². The highest BCUT2D eigenvalue weighted by Crippen LogP contribution is 1.87. The van der Waals surface area contributed by atoms with Gasteiger partial charge in [-0.25, -0.2) is 0 Å². The average molecular weight is 223 g/mol. The van der Waals surface area contributed by atoms with Crippen molar-refractivity contribution >= 4 is 25.3 Å². The van der Waals surface area contributed by atoms with Crippen molar-refractivity contribution in [2.24, 2.45) is 5.73 Å². The highest BCUT2D eigenvalue weighted by molar-refractivity contribution is 7.80. The number of nitrogens with one attached hydrogen (secondary N) is 1. The largest absolute Gasteiger partial charge is 0.329 e. The van der Waals surface area contributed by atoms with Gasteiger partial charge < -0.3 is 16.0 Å². The molecule has 3 N–H and O–H groups in total. The number of hydrogen-bond acceptors (Lipinski definition) is 5. The highest BCUT2D eigenvalue weighted by atomic mass is 32.1. The maximum atomic E-state index is 5.49. The van der Waals surface area contributed by atoms with Crippen molar-refractivity contribution in [1.29, 1.82) is 0 Å². The number of rotatable bonds is 9. The lowest BCUT2D eigenvalue weighted by atomic mass is 10.4. The minimum atomic E-state index is 0.723.